The maximum Gasteiger partial charge on any atom is 0.534 e. The lowest BCUT2D eigenvalue weighted by Gasteiger charge is -2.33. The standard InChI is InChI=1S/C15H19BrF3NO3S/c1-2-7-20-8-3-4-11(10-20)13-9-12(5-6-14(13)16)23-24(21,22)15(17,18)19/h5-6,9,11H,2-4,7-8,10H2,1H3. The Hall–Kier alpha value is -0.800. The highest BCUT2D eigenvalue weighted by molar-refractivity contribution is 9.10. The zero-order valence-corrected chi connectivity index (χ0v) is 15.5. The normalized spacial score (nSPS) is 20.1. The van der Waals surface area contributed by atoms with Gasteiger partial charge >= 0.3 is 15.6 Å². The minimum Gasteiger partial charge on any atom is -0.376 e. The van der Waals surface area contributed by atoms with Gasteiger partial charge in [-0.15, -0.1) is 0 Å². The molecule has 0 bridgehead atoms. The molecular weight excluding hydrogens is 411 g/mol. The summed E-state index contributed by atoms with van der Waals surface area (Å²) in [5.74, 6) is -0.199. The number of alkyl halides is 3. The number of piperidine rings is 1. The average Bonchev–Trinajstić information content (AvgIpc) is 2.48. The van der Waals surface area contributed by atoms with Gasteiger partial charge in [0.15, 0.2) is 0 Å². The van der Waals surface area contributed by atoms with Crippen LogP contribution in [0.4, 0.5) is 13.2 Å². The van der Waals surface area contributed by atoms with Crippen molar-refractivity contribution in [2.75, 3.05) is 19.6 Å². The highest BCUT2D eigenvalue weighted by Crippen LogP contribution is 2.36. The van der Waals surface area contributed by atoms with E-state index in [1.54, 1.807) is 0 Å². The molecule has 2 rings (SSSR count). The molecule has 0 N–H and O–H groups in total. The second-order valence-corrected chi connectivity index (χ2v) is 8.20. The molecule has 9 heteroatoms. The molecule has 1 heterocycles. The van der Waals surface area contributed by atoms with Crippen molar-refractivity contribution in [2.45, 2.75) is 37.6 Å². The van der Waals surface area contributed by atoms with E-state index in [1.165, 1.54) is 18.2 Å². The summed E-state index contributed by atoms with van der Waals surface area (Å²) in [7, 11) is -5.66. The van der Waals surface area contributed by atoms with Crippen LogP contribution in [0.2, 0.25) is 0 Å². The third-order valence-electron chi connectivity index (χ3n) is 3.94. The Labute approximate surface area is 148 Å². The van der Waals surface area contributed by atoms with E-state index in [1.807, 2.05) is 0 Å². The molecule has 24 heavy (non-hydrogen) atoms. The molecule has 1 aromatic carbocycles. The fourth-order valence-electron chi connectivity index (χ4n) is 2.89. The van der Waals surface area contributed by atoms with Crippen molar-refractivity contribution >= 4 is 26.0 Å². The molecule has 136 valence electrons. The summed E-state index contributed by atoms with van der Waals surface area (Å²) in [6, 6.07) is 4.12. The minimum absolute atomic E-state index is 0.122. The number of hydrogen-bond donors (Lipinski definition) is 0. The molecule has 0 saturated carbocycles. The van der Waals surface area contributed by atoms with Crippen LogP contribution in [0.3, 0.4) is 0 Å². The molecule has 1 aliphatic rings. The molecule has 1 unspecified atom stereocenters. The fourth-order valence-corrected chi connectivity index (χ4v) is 3.91. The summed E-state index contributed by atoms with van der Waals surface area (Å²) >= 11 is 3.40. The Morgan fingerprint density at radius 1 is 1.38 bits per heavy atom. The van der Waals surface area contributed by atoms with Gasteiger partial charge in [-0.05, 0) is 62.0 Å². The van der Waals surface area contributed by atoms with E-state index in [-0.39, 0.29) is 11.7 Å². The number of benzene rings is 1. The number of rotatable bonds is 5. The van der Waals surface area contributed by atoms with Crippen molar-refractivity contribution < 1.29 is 25.8 Å². The lowest BCUT2D eigenvalue weighted by atomic mass is 9.90. The first-order valence-corrected chi connectivity index (χ1v) is 9.86. The molecule has 1 aliphatic heterocycles. The van der Waals surface area contributed by atoms with Gasteiger partial charge in [0.25, 0.3) is 0 Å². The minimum atomic E-state index is -5.66. The van der Waals surface area contributed by atoms with Crippen LogP contribution in [0.15, 0.2) is 22.7 Å². The predicted octanol–water partition coefficient (Wildman–Crippen LogP) is 4.27. The lowest BCUT2D eigenvalue weighted by Crippen LogP contribution is -2.35. The van der Waals surface area contributed by atoms with Crippen LogP contribution in [-0.4, -0.2) is 38.5 Å². The van der Waals surface area contributed by atoms with Crippen molar-refractivity contribution in [1.29, 1.82) is 0 Å². The lowest BCUT2D eigenvalue weighted by molar-refractivity contribution is -0.0500. The van der Waals surface area contributed by atoms with Crippen LogP contribution in [0, 0.1) is 0 Å². The van der Waals surface area contributed by atoms with E-state index in [2.05, 4.69) is 31.9 Å². The van der Waals surface area contributed by atoms with Crippen LogP contribution in [0.1, 0.15) is 37.7 Å². The molecule has 0 radical (unpaired) electrons. The van der Waals surface area contributed by atoms with E-state index in [9.17, 15) is 21.6 Å². The highest BCUT2D eigenvalue weighted by Gasteiger charge is 2.48. The molecule has 1 aromatic rings. The van der Waals surface area contributed by atoms with Gasteiger partial charge in [0.05, 0.1) is 0 Å². The first kappa shape index (κ1) is 19.5. The van der Waals surface area contributed by atoms with E-state index in [0.29, 0.717) is 0 Å². The van der Waals surface area contributed by atoms with Gasteiger partial charge in [-0.2, -0.15) is 21.6 Å². The quantitative estimate of drug-likeness (QED) is 0.517. The first-order chi connectivity index (χ1) is 11.1. The number of halogens is 4. The van der Waals surface area contributed by atoms with E-state index in [0.717, 1.165) is 48.9 Å². The van der Waals surface area contributed by atoms with Crippen molar-refractivity contribution in [3.05, 3.63) is 28.2 Å². The Kier molecular flexibility index (Phi) is 6.19. The third-order valence-corrected chi connectivity index (χ3v) is 5.64. The van der Waals surface area contributed by atoms with Crippen molar-refractivity contribution in [3.8, 4) is 5.75 Å². The molecule has 0 spiro atoms. The molecule has 1 atom stereocenters. The highest BCUT2D eigenvalue weighted by atomic mass is 79.9. The molecule has 0 aliphatic carbocycles. The van der Waals surface area contributed by atoms with Gasteiger partial charge < -0.3 is 9.08 Å². The van der Waals surface area contributed by atoms with Crippen LogP contribution in [0.25, 0.3) is 0 Å². The summed E-state index contributed by atoms with van der Waals surface area (Å²) in [5, 5.41) is 0. The van der Waals surface area contributed by atoms with Crippen LogP contribution < -0.4 is 4.18 Å². The number of hydrogen-bond acceptors (Lipinski definition) is 4. The zero-order valence-electron chi connectivity index (χ0n) is 13.1. The maximum absolute atomic E-state index is 12.5. The number of likely N-dealkylation sites (tertiary alicyclic amines) is 1. The topological polar surface area (TPSA) is 46.6 Å². The summed E-state index contributed by atoms with van der Waals surface area (Å²) < 4.78 is 64.7. The molecular formula is C15H19BrF3NO3S. The van der Waals surface area contributed by atoms with Crippen molar-refractivity contribution in [2.24, 2.45) is 0 Å². The number of nitrogens with zero attached hydrogens (tertiary/aromatic N) is 1. The Bertz CT molecular complexity index is 677. The van der Waals surface area contributed by atoms with Crippen LogP contribution in [0.5, 0.6) is 5.75 Å². The van der Waals surface area contributed by atoms with Gasteiger partial charge in [-0.3, -0.25) is 0 Å². The molecule has 0 amide bonds. The van der Waals surface area contributed by atoms with E-state index in [4.69, 9.17) is 0 Å². The monoisotopic (exact) mass is 429 g/mol. The summed E-state index contributed by atoms with van der Waals surface area (Å²) in [6.07, 6.45) is 2.91. The second-order valence-electron chi connectivity index (χ2n) is 5.81. The van der Waals surface area contributed by atoms with Crippen molar-refractivity contribution in [3.63, 3.8) is 0 Å². The Balaban J connectivity index is 2.23. The van der Waals surface area contributed by atoms with Gasteiger partial charge in [0, 0.05) is 11.0 Å². The fraction of sp³-hybridized carbons (Fsp3) is 0.600. The SMILES string of the molecule is CCCN1CCCC(c2cc(OS(=O)(=O)C(F)(F)F)ccc2Br)C1. The van der Waals surface area contributed by atoms with Gasteiger partial charge in [0.1, 0.15) is 5.75 Å². The van der Waals surface area contributed by atoms with E-state index >= 15 is 0 Å². The Morgan fingerprint density at radius 2 is 2.08 bits per heavy atom. The largest absolute Gasteiger partial charge is 0.534 e. The van der Waals surface area contributed by atoms with E-state index < -0.39 is 15.6 Å². The van der Waals surface area contributed by atoms with Gasteiger partial charge in [0.2, 0.25) is 0 Å². The molecule has 1 saturated heterocycles. The summed E-state index contributed by atoms with van der Waals surface area (Å²) in [5.41, 5.74) is -4.67. The summed E-state index contributed by atoms with van der Waals surface area (Å²) in [4.78, 5) is 2.31. The average molecular weight is 430 g/mol. The summed E-state index contributed by atoms with van der Waals surface area (Å²) in [6.45, 7) is 4.85. The van der Waals surface area contributed by atoms with Crippen LogP contribution in [-0.2, 0) is 10.1 Å². The van der Waals surface area contributed by atoms with Crippen molar-refractivity contribution in [1.82, 2.24) is 4.90 Å². The van der Waals surface area contributed by atoms with Gasteiger partial charge in [-0.1, -0.05) is 22.9 Å². The molecule has 1 fully saturated rings. The maximum atomic E-state index is 12.5. The molecule has 4 nitrogen and oxygen atoms in total. The van der Waals surface area contributed by atoms with Crippen LogP contribution >= 0.6 is 15.9 Å². The molecule has 0 aromatic heterocycles. The zero-order chi connectivity index (χ0) is 18.0. The third kappa shape index (κ3) is 4.64. The first-order valence-electron chi connectivity index (χ1n) is 7.66. The van der Waals surface area contributed by atoms with Gasteiger partial charge in [-0.25, -0.2) is 0 Å². The Morgan fingerprint density at radius 3 is 2.71 bits per heavy atom. The second kappa shape index (κ2) is 7.61. The predicted molar refractivity (Wildman–Crippen MR) is 88.5 cm³/mol. The smallest absolute Gasteiger partial charge is 0.376 e.